The summed E-state index contributed by atoms with van der Waals surface area (Å²) in [5, 5.41) is 15.6. The first-order valence-corrected chi connectivity index (χ1v) is 16.7. The minimum absolute atomic E-state index is 0.0340. The molecule has 12 heteroatoms. The van der Waals surface area contributed by atoms with Crippen LogP contribution in [0.4, 0.5) is 14.6 Å². The Bertz CT molecular complexity index is 1990. The van der Waals surface area contributed by atoms with E-state index in [1.54, 1.807) is 16.7 Å². The van der Waals surface area contributed by atoms with E-state index in [0.717, 1.165) is 38.9 Å². The first kappa shape index (κ1) is 31.0. The van der Waals surface area contributed by atoms with Crippen LogP contribution in [-0.4, -0.2) is 95.3 Å². The van der Waals surface area contributed by atoms with Gasteiger partial charge >= 0.3 is 6.01 Å². The molecule has 2 bridgehead atoms. The van der Waals surface area contributed by atoms with Gasteiger partial charge < -0.3 is 24.8 Å². The van der Waals surface area contributed by atoms with E-state index in [-0.39, 0.29) is 28.9 Å². The smallest absolute Gasteiger partial charge is 0.318 e. The second-order valence-electron chi connectivity index (χ2n) is 13.5. The van der Waals surface area contributed by atoms with Crippen molar-refractivity contribution in [1.82, 2.24) is 24.8 Å². The molecule has 2 N–H and O–H groups in total. The van der Waals surface area contributed by atoms with E-state index in [9.17, 15) is 18.7 Å². The summed E-state index contributed by atoms with van der Waals surface area (Å²) in [5.74, 6) is 2.40. The van der Waals surface area contributed by atoms with Gasteiger partial charge in [-0.25, -0.2) is 8.78 Å². The third-order valence-electron chi connectivity index (χ3n) is 10.5. The van der Waals surface area contributed by atoms with Crippen LogP contribution < -0.4 is 20.5 Å². The minimum Gasteiger partial charge on any atom is -0.508 e. The van der Waals surface area contributed by atoms with Crippen molar-refractivity contribution in [3.8, 4) is 35.4 Å². The molecule has 0 aliphatic carbocycles. The number of anilines is 1. The first-order chi connectivity index (χ1) is 23.3. The van der Waals surface area contributed by atoms with Gasteiger partial charge in [-0.05, 0) is 68.3 Å². The summed E-state index contributed by atoms with van der Waals surface area (Å²) in [6.07, 6.45) is 10.7. The van der Waals surface area contributed by atoms with Crippen LogP contribution in [0.3, 0.4) is 0 Å². The summed E-state index contributed by atoms with van der Waals surface area (Å²) in [7, 11) is 1.49. The largest absolute Gasteiger partial charge is 0.508 e. The second-order valence-corrected chi connectivity index (χ2v) is 13.5. The number of fused-ring (bicyclic) bond motifs is 5. The van der Waals surface area contributed by atoms with E-state index in [1.807, 2.05) is 0 Å². The number of hydrogen-bond donors (Lipinski definition) is 2. The molecule has 10 nitrogen and oxygen atoms in total. The molecular formula is C36H38F2N6O4. The number of benzene rings is 2. The van der Waals surface area contributed by atoms with E-state index in [4.69, 9.17) is 15.9 Å². The fraction of sp³-hybridized carbons (Fsp3) is 0.472. The van der Waals surface area contributed by atoms with E-state index in [0.29, 0.717) is 76.6 Å². The van der Waals surface area contributed by atoms with Gasteiger partial charge in [0, 0.05) is 48.7 Å². The lowest BCUT2D eigenvalue weighted by Gasteiger charge is -2.35. The Hall–Kier alpha value is -4.31. The normalized spacial score (nSPS) is 25.1. The number of aromatic nitrogens is 3. The van der Waals surface area contributed by atoms with Crippen LogP contribution in [0.15, 0.2) is 35.1 Å². The van der Waals surface area contributed by atoms with Gasteiger partial charge in [-0.3, -0.25) is 14.3 Å². The highest BCUT2D eigenvalue weighted by Crippen LogP contribution is 2.39. The van der Waals surface area contributed by atoms with E-state index >= 15 is 0 Å². The molecule has 5 aliphatic rings. The number of methoxy groups -OCH3 is 1. The monoisotopic (exact) mass is 656 g/mol. The molecule has 250 valence electrons. The van der Waals surface area contributed by atoms with Crippen LogP contribution in [0.2, 0.25) is 0 Å². The number of piperazine rings is 1. The molecule has 9 rings (SSSR count). The number of nitrogens with zero attached hydrogens (tertiary/aromatic N) is 5. The highest BCUT2D eigenvalue weighted by molar-refractivity contribution is 6.03. The highest BCUT2D eigenvalue weighted by Gasteiger charge is 2.36. The van der Waals surface area contributed by atoms with Crippen molar-refractivity contribution in [2.45, 2.75) is 62.4 Å². The van der Waals surface area contributed by atoms with Crippen LogP contribution in [0, 0.1) is 18.2 Å². The van der Waals surface area contributed by atoms with Crippen LogP contribution >= 0.6 is 0 Å². The van der Waals surface area contributed by atoms with Crippen molar-refractivity contribution in [1.29, 1.82) is 0 Å². The third kappa shape index (κ3) is 5.34. The Labute approximate surface area is 276 Å². The zero-order valence-electron chi connectivity index (χ0n) is 26.8. The van der Waals surface area contributed by atoms with Crippen LogP contribution in [0.5, 0.6) is 11.8 Å². The van der Waals surface area contributed by atoms with Crippen LogP contribution in [0.1, 0.15) is 43.7 Å². The van der Waals surface area contributed by atoms with E-state index in [1.165, 1.54) is 38.2 Å². The number of terminal acetylenes is 1. The number of ether oxygens (including phenoxy) is 2. The standard InChI is InChI=1S/C29H26FN5O4.C7H12FN/c1-3-20-22(30)7-4-15-8-19(36)9-21(25(15)20)24-10-23-26(28(37)35(24)18-13-39-14-18)27(33-29(32-23)38-2)34-11-16-5-6-17(12-34)31-16;8-6-4-7-2-1-3-9(7)5-6/h1,4,7-10,16-18,31,36H,5-6,11-14H2,2H3;6-7H,1-5H2. The lowest BCUT2D eigenvalue weighted by molar-refractivity contribution is -0.0238. The van der Waals surface area contributed by atoms with Gasteiger partial charge in [0.2, 0.25) is 0 Å². The van der Waals surface area contributed by atoms with E-state index < -0.39 is 12.0 Å². The van der Waals surface area contributed by atoms with Crippen molar-refractivity contribution in [2.24, 2.45) is 0 Å². The number of pyridine rings is 1. The molecule has 0 spiro atoms. The van der Waals surface area contributed by atoms with Gasteiger partial charge in [-0.2, -0.15) is 9.97 Å². The van der Waals surface area contributed by atoms with E-state index in [2.05, 4.69) is 31.0 Å². The molecule has 7 heterocycles. The molecule has 0 radical (unpaired) electrons. The Morgan fingerprint density at radius 3 is 2.54 bits per heavy atom. The predicted octanol–water partition coefficient (Wildman–Crippen LogP) is 4.15. The summed E-state index contributed by atoms with van der Waals surface area (Å²) in [4.78, 5) is 28.0. The molecule has 4 atom stereocenters. The van der Waals surface area contributed by atoms with Gasteiger partial charge in [-0.1, -0.05) is 12.0 Å². The number of phenols is 1. The lowest BCUT2D eigenvalue weighted by atomic mass is 9.95. The molecule has 0 saturated carbocycles. The SMILES string of the molecule is C#Cc1c(F)ccc2cc(O)cc(-c3cc4nc(OC)nc(N5CC6CCC(C5)N6)c4c(=O)n3C3COC3)c12.FC1CC2CCCN2C1. The van der Waals surface area contributed by atoms with Crippen molar-refractivity contribution in [3.63, 3.8) is 0 Å². The zero-order chi connectivity index (χ0) is 33.1. The maximum Gasteiger partial charge on any atom is 0.318 e. The van der Waals surface area contributed by atoms with Gasteiger partial charge in [0.1, 0.15) is 28.9 Å². The Balaban J connectivity index is 0.000000321. The molecule has 2 aromatic carbocycles. The van der Waals surface area contributed by atoms with Crippen molar-refractivity contribution in [3.05, 3.63) is 52.1 Å². The Kier molecular flexibility index (Phi) is 7.94. The Morgan fingerprint density at radius 1 is 1.06 bits per heavy atom. The predicted molar refractivity (Wildman–Crippen MR) is 179 cm³/mol. The van der Waals surface area contributed by atoms with Gasteiger partial charge in [-0.15, -0.1) is 6.42 Å². The lowest BCUT2D eigenvalue weighted by Crippen LogP contribution is -2.51. The average molecular weight is 657 g/mol. The number of nitrogens with one attached hydrogen (secondary N) is 1. The summed E-state index contributed by atoms with van der Waals surface area (Å²) < 4.78 is 40.0. The number of aromatic hydroxyl groups is 1. The molecule has 4 unspecified atom stereocenters. The second kappa shape index (κ2) is 12.3. The van der Waals surface area contributed by atoms with Crippen molar-refractivity contribution in [2.75, 3.05) is 51.4 Å². The van der Waals surface area contributed by atoms with Crippen molar-refractivity contribution < 1.29 is 23.4 Å². The molecule has 48 heavy (non-hydrogen) atoms. The molecule has 2 aromatic heterocycles. The average Bonchev–Trinajstić information content (AvgIpc) is 3.74. The van der Waals surface area contributed by atoms with Crippen molar-refractivity contribution >= 4 is 27.5 Å². The number of halogens is 2. The summed E-state index contributed by atoms with van der Waals surface area (Å²) in [5.41, 5.74) is 1.06. The number of hydrogen-bond acceptors (Lipinski definition) is 9. The Morgan fingerprint density at radius 2 is 1.85 bits per heavy atom. The molecule has 0 amide bonds. The number of alkyl halides is 1. The number of phenolic OH excluding ortho intramolecular Hbond substituents is 1. The van der Waals surface area contributed by atoms with Crippen LogP contribution in [-0.2, 0) is 4.74 Å². The minimum atomic E-state index is -0.557. The summed E-state index contributed by atoms with van der Waals surface area (Å²) in [6, 6.07) is 8.81. The summed E-state index contributed by atoms with van der Waals surface area (Å²) >= 11 is 0. The number of rotatable bonds is 4. The molecule has 5 saturated heterocycles. The third-order valence-corrected chi connectivity index (χ3v) is 10.5. The highest BCUT2D eigenvalue weighted by atomic mass is 19.1. The maximum atomic E-state index is 14.9. The molecule has 5 aliphatic heterocycles. The topological polar surface area (TPSA) is 105 Å². The zero-order valence-corrected chi connectivity index (χ0v) is 26.8. The molecular weight excluding hydrogens is 618 g/mol. The fourth-order valence-electron chi connectivity index (χ4n) is 8.21. The molecule has 4 aromatic rings. The maximum absolute atomic E-state index is 14.9. The fourth-order valence-corrected chi connectivity index (χ4v) is 8.21. The molecule has 5 fully saturated rings. The van der Waals surface area contributed by atoms with Gasteiger partial charge in [0.25, 0.3) is 5.56 Å². The first-order valence-electron chi connectivity index (χ1n) is 16.7. The van der Waals surface area contributed by atoms with Gasteiger partial charge in [0.05, 0.1) is 43.1 Å². The van der Waals surface area contributed by atoms with Crippen LogP contribution in [0.25, 0.3) is 32.9 Å². The van der Waals surface area contributed by atoms with Gasteiger partial charge in [0.15, 0.2) is 0 Å². The quantitative estimate of drug-likeness (QED) is 0.314. The summed E-state index contributed by atoms with van der Waals surface area (Å²) in [6.45, 7) is 3.99.